The van der Waals surface area contributed by atoms with E-state index in [1.54, 1.807) is 12.1 Å². The molecular weight excluding hydrogens is 496 g/mol. The molecule has 0 unspecified atom stereocenters. The summed E-state index contributed by atoms with van der Waals surface area (Å²) in [5.74, 6) is 0.559. The summed E-state index contributed by atoms with van der Waals surface area (Å²) in [5, 5.41) is 11.5. The topological polar surface area (TPSA) is 122 Å². The molecule has 9 nitrogen and oxygen atoms in total. The lowest BCUT2D eigenvalue weighted by atomic mass is 9.91. The zero-order valence-electron chi connectivity index (χ0n) is 21.4. The molecule has 10 heteroatoms. The Labute approximate surface area is 221 Å². The normalized spacial score (nSPS) is 21.3. The number of ether oxygens (including phenoxy) is 1. The van der Waals surface area contributed by atoms with Gasteiger partial charge >= 0.3 is 6.09 Å². The lowest BCUT2D eigenvalue weighted by molar-refractivity contribution is -0.136. The smallest absolute Gasteiger partial charge is 0.405 e. The summed E-state index contributed by atoms with van der Waals surface area (Å²) >= 11 is 6.18. The summed E-state index contributed by atoms with van der Waals surface area (Å²) in [4.78, 5) is 46.9. The number of amides is 2. The number of hydrogen-bond donors (Lipinski definition) is 2. The molecular formula is C27H35ClN4O5. The molecule has 2 amide bonds. The lowest BCUT2D eigenvalue weighted by Gasteiger charge is -2.24. The van der Waals surface area contributed by atoms with Gasteiger partial charge in [0.25, 0.3) is 0 Å². The Bertz CT molecular complexity index is 1160. The molecule has 0 spiro atoms. The highest BCUT2D eigenvalue weighted by atomic mass is 35.5. The maximum absolute atomic E-state index is 12.7. The van der Waals surface area contributed by atoms with E-state index in [0.29, 0.717) is 23.0 Å². The number of nitrogens with one attached hydrogen (secondary N) is 1. The first-order valence-electron chi connectivity index (χ1n) is 13.1. The second-order valence-corrected chi connectivity index (χ2v) is 10.8. The molecule has 2 N–H and O–H groups in total. The number of ketones is 1. The second-order valence-electron chi connectivity index (χ2n) is 10.3. The molecule has 3 atom stereocenters. The highest BCUT2D eigenvalue weighted by Gasteiger charge is 2.44. The summed E-state index contributed by atoms with van der Waals surface area (Å²) in [6.45, 7) is 3.56. The van der Waals surface area contributed by atoms with Crippen molar-refractivity contribution in [2.24, 2.45) is 17.8 Å². The zero-order valence-corrected chi connectivity index (χ0v) is 22.2. The number of rotatable bonds is 12. The van der Waals surface area contributed by atoms with Crippen molar-refractivity contribution in [3.63, 3.8) is 0 Å². The van der Waals surface area contributed by atoms with E-state index in [1.807, 2.05) is 13.0 Å². The number of nitrogens with zero attached hydrogens (tertiary/aromatic N) is 3. The van der Waals surface area contributed by atoms with E-state index in [-0.39, 0.29) is 30.8 Å². The zero-order chi connectivity index (χ0) is 26.5. The van der Waals surface area contributed by atoms with E-state index in [2.05, 4.69) is 5.32 Å². The van der Waals surface area contributed by atoms with Crippen molar-refractivity contribution in [1.29, 1.82) is 0 Å². The molecule has 1 aliphatic carbocycles. The first kappa shape index (κ1) is 27.1. The van der Waals surface area contributed by atoms with E-state index in [1.165, 1.54) is 37.5 Å². The van der Waals surface area contributed by atoms with Gasteiger partial charge in [-0.1, -0.05) is 50.6 Å². The van der Waals surface area contributed by atoms with Crippen LogP contribution in [0.5, 0.6) is 5.88 Å². The van der Waals surface area contributed by atoms with Crippen LogP contribution < -0.4 is 10.1 Å². The van der Waals surface area contributed by atoms with E-state index in [0.717, 1.165) is 36.4 Å². The minimum Gasteiger partial charge on any atom is -0.476 e. The van der Waals surface area contributed by atoms with E-state index in [9.17, 15) is 14.4 Å². The standard InChI is InChI=1S/C27H35ClN4O5/c1-16-19(14-32(25(16)17(2)33)24(34)13-29-27(35)36)15-37-26-22(7-5-3-4-6-18-8-9-18)30-21-11-10-20(28)12-23(21)31-26/h10-12,16,18-19,25,29H,3-9,13-15H2,1-2H3,(H,35,36)/t16-,19-,25+/m1/s1. The summed E-state index contributed by atoms with van der Waals surface area (Å²) in [6.07, 6.45) is 6.89. The van der Waals surface area contributed by atoms with Crippen molar-refractivity contribution >= 4 is 40.4 Å². The summed E-state index contributed by atoms with van der Waals surface area (Å²) < 4.78 is 6.22. The Morgan fingerprint density at radius 1 is 1.16 bits per heavy atom. The van der Waals surface area contributed by atoms with Gasteiger partial charge in [0.05, 0.1) is 23.7 Å². The molecule has 1 saturated carbocycles. The summed E-state index contributed by atoms with van der Waals surface area (Å²) in [6, 6.07) is 4.79. The number of halogens is 1. The number of carbonyl (C=O) groups excluding carboxylic acids is 2. The van der Waals surface area contributed by atoms with Crippen LogP contribution in [-0.4, -0.2) is 63.5 Å². The number of likely N-dealkylation sites (tertiary alicyclic amines) is 1. The van der Waals surface area contributed by atoms with E-state index in [4.69, 9.17) is 31.4 Å². The third kappa shape index (κ3) is 7.09. The van der Waals surface area contributed by atoms with Crippen LogP contribution in [-0.2, 0) is 16.0 Å². The highest BCUT2D eigenvalue weighted by molar-refractivity contribution is 6.31. The maximum atomic E-state index is 12.7. The van der Waals surface area contributed by atoms with Gasteiger partial charge in [-0.3, -0.25) is 9.59 Å². The van der Waals surface area contributed by atoms with Crippen LogP contribution in [0.4, 0.5) is 4.79 Å². The minimum absolute atomic E-state index is 0.120. The quantitative estimate of drug-likeness (QED) is 0.387. The monoisotopic (exact) mass is 530 g/mol. The molecule has 1 aliphatic heterocycles. The average molecular weight is 531 g/mol. The Kier molecular flexibility index (Phi) is 8.84. The number of Topliss-reactive ketones (excluding diaryl/α,β-unsaturated/α-hetero) is 1. The van der Waals surface area contributed by atoms with Crippen molar-refractivity contribution in [2.45, 2.75) is 64.8 Å². The molecule has 1 saturated heterocycles. The van der Waals surface area contributed by atoms with Crippen molar-refractivity contribution in [3.05, 3.63) is 28.9 Å². The van der Waals surface area contributed by atoms with Crippen LogP contribution in [0.2, 0.25) is 5.02 Å². The number of unbranched alkanes of at least 4 members (excludes halogenated alkanes) is 2. The summed E-state index contributed by atoms with van der Waals surface area (Å²) in [5.41, 5.74) is 2.21. The fourth-order valence-corrected chi connectivity index (χ4v) is 5.37. The van der Waals surface area contributed by atoms with Crippen molar-refractivity contribution in [1.82, 2.24) is 20.2 Å². The van der Waals surface area contributed by atoms with Gasteiger partial charge in [0.2, 0.25) is 11.8 Å². The largest absolute Gasteiger partial charge is 0.476 e. The third-order valence-corrected chi connectivity index (χ3v) is 7.69. The van der Waals surface area contributed by atoms with Gasteiger partial charge in [0.15, 0.2) is 5.78 Å². The molecule has 2 fully saturated rings. The Balaban J connectivity index is 1.45. The molecule has 0 bridgehead atoms. The number of fused-ring (bicyclic) bond motifs is 1. The number of aryl methyl sites for hydroxylation is 1. The number of aromatic nitrogens is 2. The molecule has 1 aromatic carbocycles. The van der Waals surface area contributed by atoms with Crippen molar-refractivity contribution < 1.29 is 24.2 Å². The molecule has 1 aromatic heterocycles. The van der Waals surface area contributed by atoms with Crippen LogP contribution in [0.25, 0.3) is 11.0 Å². The fraction of sp³-hybridized carbons (Fsp3) is 0.593. The highest BCUT2D eigenvalue weighted by Crippen LogP contribution is 2.34. The summed E-state index contributed by atoms with van der Waals surface area (Å²) in [7, 11) is 0. The Morgan fingerprint density at radius 3 is 2.65 bits per heavy atom. The molecule has 200 valence electrons. The van der Waals surface area contributed by atoms with Crippen molar-refractivity contribution in [3.8, 4) is 5.88 Å². The lowest BCUT2D eigenvalue weighted by Crippen LogP contribution is -2.46. The average Bonchev–Trinajstić information content (AvgIpc) is 3.61. The SMILES string of the molecule is CC(=O)[C@@H]1[C@H](C)[C@@H](COc2nc3cc(Cl)ccc3nc2CCCCCC2CC2)CN1C(=O)CNC(=O)O. The number of hydrogen-bond acceptors (Lipinski definition) is 6. The van der Waals surface area contributed by atoms with Gasteiger partial charge in [0, 0.05) is 17.5 Å². The van der Waals surface area contributed by atoms with Crippen molar-refractivity contribution in [2.75, 3.05) is 19.7 Å². The van der Waals surface area contributed by atoms with Gasteiger partial charge in [-0.25, -0.2) is 14.8 Å². The second kappa shape index (κ2) is 12.1. The number of carboxylic acid groups (broad SMARTS) is 1. The number of carbonyl (C=O) groups is 3. The van der Waals surface area contributed by atoms with Gasteiger partial charge in [-0.2, -0.15) is 0 Å². The predicted octanol–water partition coefficient (Wildman–Crippen LogP) is 4.49. The maximum Gasteiger partial charge on any atom is 0.405 e. The van der Waals surface area contributed by atoms with Gasteiger partial charge in [-0.05, 0) is 49.8 Å². The molecule has 2 heterocycles. The van der Waals surface area contributed by atoms with Gasteiger partial charge in [0.1, 0.15) is 12.2 Å². The minimum atomic E-state index is -1.28. The molecule has 4 rings (SSSR count). The molecule has 2 aromatic rings. The first-order valence-corrected chi connectivity index (χ1v) is 13.5. The Hall–Kier alpha value is -2.94. The van der Waals surface area contributed by atoms with Crippen LogP contribution in [0.1, 0.15) is 58.1 Å². The van der Waals surface area contributed by atoms with E-state index >= 15 is 0 Å². The molecule has 0 radical (unpaired) electrons. The fourth-order valence-electron chi connectivity index (χ4n) is 5.20. The van der Waals surface area contributed by atoms with E-state index < -0.39 is 18.0 Å². The van der Waals surface area contributed by atoms with Gasteiger partial charge < -0.3 is 20.1 Å². The van der Waals surface area contributed by atoms with Crippen LogP contribution in [0, 0.1) is 17.8 Å². The molecule has 2 aliphatic rings. The van der Waals surface area contributed by atoms with Crippen LogP contribution in [0.15, 0.2) is 18.2 Å². The molecule has 37 heavy (non-hydrogen) atoms. The van der Waals surface area contributed by atoms with Crippen LogP contribution in [0.3, 0.4) is 0 Å². The first-order chi connectivity index (χ1) is 17.7. The third-order valence-electron chi connectivity index (χ3n) is 7.46. The van der Waals surface area contributed by atoms with Gasteiger partial charge in [-0.15, -0.1) is 0 Å². The number of benzene rings is 1. The Morgan fingerprint density at radius 2 is 1.95 bits per heavy atom. The predicted molar refractivity (Wildman–Crippen MR) is 140 cm³/mol. The van der Waals surface area contributed by atoms with Crippen LogP contribution >= 0.6 is 11.6 Å².